The van der Waals surface area contributed by atoms with Gasteiger partial charge >= 0.3 is 5.97 Å². The summed E-state index contributed by atoms with van der Waals surface area (Å²) in [5.74, 6) is 1.05. The largest absolute Gasteiger partial charge is 0.456 e. The molecule has 4 nitrogen and oxygen atoms in total. The van der Waals surface area contributed by atoms with Gasteiger partial charge in [-0.15, -0.1) is 0 Å². The van der Waals surface area contributed by atoms with Gasteiger partial charge in [0.1, 0.15) is 11.7 Å². The summed E-state index contributed by atoms with van der Waals surface area (Å²) in [7, 11) is 0. The highest BCUT2D eigenvalue weighted by Crippen LogP contribution is 2.60. The van der Waals surface area contributed by atoms with Crippen LogP contribution in [0.15, 0.2) is 12.2 Å². The Morgan fingerprint density at radius 3 is 2.43 bits per heavy atom. The summed E-state index contributed by atoms with van der Waals surface area (Å²) in [6.45, 7) is 6.97. The fraction of sp³-hybridized carbons (Fsp3) is 0.824. The summed E-state index contributed by atoms with van der Waals surface area (Å²) in [6.07, 6.45) is 6.70. The molecule has 0 aromatic heterocycles. The maximum atomic E-state index is 12.0. The third-order valence-corrected chi connectivity index (χ3v) is 5.59. The number of hydrogen-bond acceptors (Lipinski definition) is 4. The van der Waals surface area contributed by atoms with Crippen molar-refractivity contribution in [2.24, 2.45) is 11.8 Å². The number of ether oxygens (including phenoxy) is 3. The number of esters is 1. The Kier molecular flexibility index (Phi) is 2.99. The van der Waals surface area contributed by atoms with Crippen LogP contribution in [0.3, 0.4) is 0 Å². The molecule has 3 atom stereocenters. The first-order valence-electron chi connectivity index (χ1n) is 8.12. The van der Waals surface area contributed by atoms with E-state index >= 15 is 0 Å². The highest BCUT2D eigenvalue weighted by atomic mass is 16.6. The molecular weight excluding hydrogens is 268 g/mol. The smallest absolute Gasteiger partial charge is 0.333 e. The molecule has 21 heavy (non-hydrogen) atoms. The molecule has 1 saturated heterocycles. The van der Waals surface area contributed by atoms with Crippen LogP contribution in [0.2, 0.25) is 0 Å². The molecule has 4 heteroatoms. The van der Waals surface area contributed by atoms with E-state index in [1.165, 1.54) is 6.42 Å². The van der Waals surface area contributed by atoms with E-state index < -0.39 is 0 Å². The molecule has 0 amide bonds. The Bertz CT molecular complexity index is 465. The minimum atomic E-state index is -0.301. The van der Waals surface area contributed by atoms with Crippen LogP contribution in [0, 0.1) is 11.8 Å². The van der Waals surface area contributed by atoms with Crippen LogP contribution in [0.4, 0.5) is 0 Å². The third-order valence-electron chi connectivity index (χ3n) is 5.59. The SMILES string of the molecule is C=C(C)C(=O)OC12CC3CC(CC(OCC4CO4)(C3)C1)C2. The van der Waals surface area contributed by atoms with Crippen molar-refractivity contribution < 1.29 is 19.0 Å². The normalized spacial score (nSPS) is 46.4. The molecule has 116 valence electrons. The van der Waals surface area contributed by atoms with Crippen LogP contribution in [-0.4, -0.2) is 36.5 Å². The Labute approximate surface area is 125 Å². The Morgan fingerprint density at radius 2 is 1.86 bits per heavy atom. The number of carbonyl (C=O) groups excluding carboxylic acids is 1. The molecule has 0 aromatic carbocycles. The van der Waals surface area contributed by atoms with E-state index in [4.69, 9.17) is 14.2 Å². The van der Waals surface area contributed by atoms with Crippen molar-refractivity contribution in [2.45, 2.75) is 62.8 Å². The molecule has 1 heterocycles. The number of carbonyl (C=O) groups is 1. The van der Waals surface area contributed by atoms with Gasteiger partial charge in [0.25, 0.3) is 0 Å². The van der Waals surface area contributed by atoms with Crippen LogP contribution in [0.1, 0.15) is 45.4 Å². The van der Waals surface area contributed by atoms with Crippen molar-refractivity contribution in [3.05, 3.63) is 12.2 Å². The van der Waals surface area contributed by atoms with Gasteiger partial charge in [-0.1, -0.05) is 6.58 Å². The first kappa shape index (κ1) is 13.8. The van der Waals surface area contributed by atoms with Crippen molar-refractivity contribution in [2.75, 3.05) is 13.2 Å². The summed E-state index contributed by atoms with van der Waals surface area (Å²) >= 11 is 0. The van der Waals surface area contributed by atoms with Crippen LogP contribution >= 0.6 is 0 Å². The van der Waals surface area contributed by atoms with Crippen molar-refractivity contribution in [1.29, 1.82) is 0 Å². The molecule has 4 saturated carbocycles. The van der Waals surface area contributed by atoms with Crippen LogP contribution < -0.4 is 0 Å². The zero-order valence-electron chi connectivity index (χ0n) is 12.7. The fourth-order valence-corrected chi connectivity index (χ4v) is 5.10. The van der Waals surface area contributed by atoms with Gasteiger partial charge in [0, 0.05) is 12.0 Å². The topological polar surface area (TPSA) is 48.1 Å². The zero-order valence-corrected chi connectivity index (χ0v) is 12.7. The molecular formula is C17H24O4. The molecule has 4 aliphatic carbocycles. The molecule has 1 aliphatic heterocycles. The average molecular weight is 292 g/mol. The first-order valence-corrected chi connectivity index (χ1v) is 8.12. The standard InChI is InChI=1S/C17H24O4/c1-11(2)15(18)21-17-6-12-3-13(7-17)5-16(4-12,10-17)20-9-14-8-19-14/h12-14H,1,3-10H2,2H3. The molecule has 5 fully saturated rings. The minimum Gasteiger partial charge on any atom is -0.456 e. The van der Waals surface area contributed by atoms with Crippen LogP contribution in [-0.2, 0) is 19.0 Å². The monoisotopic (exact) mass is 292 g/mol. The maximum absolute atomic E-state index is 12.0. The highest BCUT2D eigenvalue weighted by Gasteiger charge is 2.60. The van der Waals surface area contributed by atoms with Gasteiger partial charge in [-0.25, -0.2) is 4.79 Å². The van der Waals surface area contributed by atoms with E-state index in [2.05, 4.69) is 6.58 Å². The van der Waals surface area contributed by atoms with Crippen molar-refractivity contribution in [3.8, 4) is 0 Å². The summed E-state index contributed by atoms with van der Waals surface area (Å²) in [5, 5.41) is 0. The van der Waals surface area contributed by atoms with Gasteiger partial charge in [-0.05, 0) is 50.9 Å². The van der Waals surface area contributed by atoms with Gasteiger partial charge < -0.3 is 14.2 Å². The third kappa shape index (κ3) is 2.53. The van der Waals surface area contributed by atoms with Gasteiger partial charge in [0.15, 0.2) is 0 Å². The van der Waals surface area contributed by atoms with Crippen molar-refractivity contribution in [3.63, 3.8) is 0 Å². The Hall–Kier alpha value is -0.870. The van der Waals surface area contributed by atoms with E-state index in [1.54, 1.807) is 6.92 Å². The lowest BCUT2D eigenvalue weighted by Gasteiger charge is -2.60. The van der Waals surface area contributed by atoms with E-state index in [1.807, 2.05) is 0 Å². The van der Waals surface area contributed by atoms with Gasteiger partial charge in [-0.2, -0.15) is 0 Å². The van der Waals surface area contributed by atoms with E-state index in [9.17, 15) is 4.79 Å². The van der Waals surface area contributed by atoms with Crippen LogP contribution in [0.5, 0.6) is 0 Å². The lowest BCUT2D eigenvalue weighted by Crippen LogP contribution is -2.61. The molecule has 5 rings (SSSR count). The minimum absolute atomic E-state index is 0.0780. The van der Waals surface area contributed by atoms with E-state index in [-0.39, 0.29) is 17.2 Å². The summed E-state index contributed by atoms with van der Waals surface area (Å²) in [6, 6.07) is 0. The molecule has 0 N–H and O–H groups in total. The van der Waals surface area contributed by atoms with Crippen LogP contribution in [0.25, 0.3) is 0 Å². The van der Waals surface area contributed by atoms with E-state index in [0.29, 0.717) is 30.1 Å². The van der Waals surface area contributed by atoms with Gasteiger partial charge in [-0.3, -0.25) is 0 Å². The summed E-state index contributed by atoms with van der Waals surface area (Å²) < 4.78 is 17.5. The maximum Gasteiger partial charge on any atom is 0.333 e. The molecule has 0 radical (unpaired) electrons. The molecule has 0 spiro atoms. The van der Waals surface area contributed by atoms with Crippen molar-refractivity contribution >= 4 is 5.97 Å². The second kappa shape index (κ2) is 4.56. The average Bonchev–Trinajstić information content (AvgIpc) is 3.18. The fourth-order valence-electron chi connectivity index (χ4n) is 5.10. The molecule has 4 bridgehead atoms. The second-order valence-corrected chi connectivity index (χ2v) is 7.76. The predicted molar refractivity (Wildman–Crippen MR) is 76.7 cm³/mol. The Balaban J connectivity index is 1.52. The first-order chi connectivity index (χ1) is 9.98. The Morgan fingerprint density at radius 1 is 1.24 bits per heavy atom. The van der Waals surface area contributed by atoms with Crippen molar-refractivity contribution in [1.82, 2.24) is 0 Å². The van der Waals surface area contributed by atoms with E-state index in [0.717, 1.165) is 38.7 Å². The van der Waals surface area contributed by atoms with Gasteiger partial charge in [0.05, 0.1) is 18.8 Å². The molecule has 3 unspecified atom stereocenters. The predicted octanol–water partition coefficient (Wildman–Crippen LogP) is 2.61. The lowest BCUT2D eigenvalue weighted by atomic mass is 9.52. The lowest BCUT2D eigenvalue weighted by molar-refractivity contribution is -0.232. The van der Waals surface area contributed by atoms with Gasteiger partial charge in [0.2, 0.25) is 0 Å². The molecule has 5 aliphatic rings. The number of hydrogen-bond donors (Lipinski definition) is 0. The number of rotatable bonds is 5. The summed E-state index contributed by atoms with van der Waals surface area (Å²) in [4.78, 5) is 12.0. The second-order valence-electron chi connectivity index (χ2n) is 7.76. The number of epoxide rings is 1. The quantitative estimate of drug-likeness (QED) is 0.444. The molecule has 0 aromatic rings. The zero-order chi connectivity index (χ0) is 14.7. The highest BCUT2D eigenvalue weighted by molar-refractivity contribution is 5.87. The summed E-state index contributed by atoms with van der Waals surface area (Å²) in [5.41, 5.74) is 0.114.